The van der Waals surface area contributed by atoms with Crippen molar-refractivity contribution in [3.05, 3.63) is 411 Å². The van der Waals surface area contributed by atoms with Crippen LogP contribution in [0.4, 0.5) is 0 Å². The zero-order valence-corrected chi connectivity index (χ0v) is 69.6. The SMILES string of the molecule is CC(C)(N1C(=O)c2c(c(-n3c4ccccc4c4ccccc43)c(-n3c4ccccc4c4ccccc43)c(-n3c4ccccc4c4ccccc43)c2-n2c3ccccc3c3ccccc32)C1=O)N1C(=O)c2c(c(-n3c4ccccc4c4ccccc43)c(-n3c4ccccc4c4ccccc43)c(-n3c4ccccc4c4ccccc43)c2-n2c3ccccc3c3ccccc32)C1=O. The first kappa shape index (κ1) is 71.1. The van der Waals surface area contributed by atoms with Crippen molar-refractivity contribution in [2.24, 2.45) is 0 Å². The summed E-state index contributed by atoms with van der Waals surface area (Å²) in [6.07, 6.45) is 0. The predicted molar refractivity (Wildman–Crippen MR) is 523 cm³/mol. The van der Waals surface area contributed by atoms with Crippen LogP contribution in [0.25, 0.3) is 220 Å². The lowest BCUT2D eigenvalue weighted by molar-refractivity contribution is 0.00431. The smallest absolute Gasteiger partial charge is 0.265 e. The molecule has 2 aliphatic heterocycles. The fourth-order valence-corrected chi connectivity index (χ4v) is 23.0. The van der Waals surface area contributed by atoms with E-state index in [0.717, 1.165) is 174 Å². The molecule has 129 heavy (non-hydrogen) atoms. The summed E-state index contributed by atoms with van der Waals surface area (Å²) < 4.78 is 18.1. The molecule has 0 spiro atoms. The molecule has 0 saturated heterocycles. The minimum absolute atomic E-state index is 0.0636. The van der Waals surface area contributed by atoms with Crippen LogP contribution in [0, 0.1) is 0 Å². The summed E-state index contributed by atoms with van der Waals surface area (Å²) >= 11 is 0. The zero-order valence-electron chi connectivity index (χ0n) is 69.6. The number of rotatable bonds is 10. The van der Waals surface area contributed by atoms with E-state index in [-0.39, 0.29) is 22.3 Å². The van der Waals surface area contributed by atoms with Crippen LogP contribution < -0.4 is 0 Å². The van der Waals surface area contributed by atoms with Gasteiger partial charge in [0, 0.05) is 86.2 Å². The molecule has 26 aromatic rings. The van der Waals surface area contributed by atoms with Gasteiger partial charge in [0.1, 0.15) is 5.66 Å². The van der Waals surface area contributed by atoms with Gasteiger partial charge in [0.15, 0.2) is 0 Å². The molecule has 14 heteroatoms. The minimum Gasteiger partial charge on any atom is -0.306 e. The van der Waals surface area contributed by atoms with E-state index in [9.17, 15) is 0 Å². The van der Waals surface area contributed by atoms with Crippen molar-refractivity contribution in [1.29, 1.82) is 0 Å². The predicted octanol–water partition coefficient (Wildman–Crippen LogP) is 27.1. The van der Waals surface area contributed by atoms with Crippen LogP contribution in [0.5, 0.6) is 0 Å². The molecular weight excluding hydrogens is 1590 g/mol. The Bertz CT molecular complexity index is 8130. The van der Waals surface area contributed by atoms with Gasteiger partial charge in [-0.1, -0.05) is 291 Å². The summed E-state index contributed by atoms with van der Waals surface area (Å²) in [5.41, 5.74) is 14.9. The highest BCUT2D eigenvalue weighted by molar-refractivity contribution is 6.33. The van der Waals surface area contributed by atoms with E-state index in [1.807, 2.05) is 97.1 Å². The van der Waals surface area contributed by atoms with Crippen molar-refractivity contribution in [1.82, 2.24) is 46.3 Å². The lowest BCUT2D eigenvalue weighted by Crippen LogP contribution is -2.60. The molecule has 2 aliphatic rings. The molecule has 4 amide bonds. The summed E-state index contributed by atoms with van der Waals surface area (Å²) in [7, 11) is 0. The van der Waals surface area contributed by atoms with Gasteiger partial charge in [0.25, 0.3) is 23.6 Å². The molecule has 0 fully saturated rings. The van der Waals surface area contributed by atoms with Gasteiger partial charge < -0.3 is 36.5 Å². The fourth-order valence-electron chi connectivity index (χ4n) is 23.0. The molecule has 10 heterocycles. The fraction of sp³-hybridized carbons (Fsp3) is 0.0261. The second-order valence-electron chi connectivity index (χ2n) is 34.6. The molecule has 0 N–H and O–H groups in total. The van der Waals surface area contributed by atoms with Gasteiger partial charge in [-0.2, -0.15) is 0 Å². The number of carbonyl (C=O) groups is 4. The molecule has 0 bridgehead atoms. The minimum atomic E-state index is -2.24. The maximum absolute atomic E-state index is 19.0. The molecule has 8 aromatic heterocycles. The standard InChI is InChI=1S/C115H70N10O4/c1-115(2,124-111(126)99-100(112(124)127)104(117-85-53-21-5-37-69(85)70-38-6-22-54-86(70)117)108(121-93-61-29-13-45-77(93)78-46-14-30-62-94(78)121)107(120-91-59-27-11-43-75(91)76-44-12-28-60-92(76)120)103(99)116-83-51-19-3-35-67(83)68-36-4-20-52-84(68)116)125-113(128)101-102(114(125)129)106(119-89-57-25-9-41-73(89)74-42-10-26-58-90(74)119)110(123-97-65-33-17-49-81(97)82-50-18-34-66-98(82)123)109(122-95-63-31-15-47-79(95)80-48-16-32-64-96(80)122)105(101)118-87-55-23-7-39-71(87)72-40-8-24-56-88(72)118/h3-66H,1-2H3. The lowest BCUT2D eigenvalue weighted by Gasteiger charge is -2.40. The number of nitrogens with zero attached hydrogens (tertiary/aromatic N) is 10. The number of para-hydroxylation sites is 16. The third-order valence-corrected chi connectivity index (χ3v) is 28.0. The maximum Gasteiger partial charge on any atom is 0.265 e. The molecule has 14 nitrogen and oxygen atoms in total. The topological polar surface area (TPSA) is 114 Å². The number of hydrogen-bond acceptors (Lipinski definition) is 4. The molecule has 18 aromatic carbocycles. The first-order chi connectivity index (χ1) is 63.6. The van der Waals surface area contributed by atoms with Crippen molar-refractivity contribution in [3.8, 4) is 45.5 Å². The third-order valence-electron chi connectivity index (χ3n) is 28.0. The largest absolute Gasteiger partial charge is 0.306 e. The Balaban J connectivity index is 0.824. The molecule has 0 radical (unpaired) electrons. The summed E-state index contributed by atoms with van der Waals surface area (Å²) in [5, 5.41) is 15.0. The van der Waals surface area contributed by atoms with Gasteiger partial charge in [-0.15, -0.1) is 0 Å². The average Bonchev–Trinajstić information content (AvgIpc) is 1.49. The molecule has 604 valence electrons. The van der Waals surface area contributed by atoms with E-state index in [1.54, 1.807) is 13.8 Å². The number of imide groups is 2. The Morgan fingerprint density at radius 1 is 0.140 bits per heavy atom. The number of benzene rings is 18. The Kier molecular flexibility index (Phi) is 14.3. The molecular formula is C115H70N10O4. The number of amides is 4. The molecule has 0 unspecified atom stereocenters. The third kappa shape index (κ3) is 9.11. The van der Waals surface area contributed by atoms with E-state index in [4.69, 9.17) is 0 Å². The number of fused-ring (bicyclic) bond motifs is 26. The van der Waals surface area contributed by atoms with Crippen molar-refractivity contribution < 1.29 is 19.2 Å². The van der Waals surface area contributed by atoms with Crippen molar-refractivity contribution in [2.45, 2.75) is 19.5 Å². The molecule has 0 saturated carbocycles. The summed E-state index contributed by atoms with van der Waals surface area (Å²) in [6, 6.07) is 134. The summed E-state index contributed by atoms with van der Waals surface area (Å²) in [6.45, 7) is 3.45. The van der Waals surface area contributed by atoms with Crippen molar-refractivity contribution in [2.75, 3.05) is 0 Å². The van der Waals surface area contributed by atoms with Crippen LogP contribution in [0.1, 0.15) is 55.3 Å². The van der Waals surface area contributed by atoms with Crippen LogP contribution in [0.2, 0.25) is 0 Å². The second-order valence-corrected chi connectivity index (χ2v) is 34.6. The van der Waals surface area contributed by atoms with Gasteiger partial charge in [0.05, 0.1) is 156 Å². The van der Waals surface area contributed by atoms with Gasteiger partial charge >= 0.3 is 0 Å². The first-order valence-electron chi connectivity index (χ1n) is 43.8. The van der Waals surface area contributed by atoms with Gasteiger partial charge in [-0.25, -0.2) is 9.80 Å². The molecule has 0 aliphatic carbocycles. The number of aromatic nitrogens is 8. The van der Waals surface area contributed by atoms with Gasteiger partial charge in [-0.3, -0.25) is 19.2 Å². The van der Waals surface area contributed by atoms with Crippen LogP contribution in [-0.4, -0.2) is 75.6 Å². The van der Waals surface area contributed by atoms with Crippen molar-refractivity contribution in [3.63, 3.8) is 0 Å². The Hall–Kier alpha value is -17.4. The van der Waals surface area contributed by atoms with Crippen LogP contribution in [0.15, 0.2) is 388 Å². The summed E-state index contributed by atoms with van der Waals surface area (Å²) in [5.74, 6) is -2.91. The van der Waals surface area contributed by atoms with E-state index < -0.39 is 29.3 Å². The average molecular weight is 1660 g/mol. The second kappa shape index (κ2) is 25.9. The quantitative estimate of drug-likeness (QED) is 0.127. The normalized spacial score (nSPS) is 13.4. The van der Waals surface area contributed by atoms with E-state index >= 15 is 19.2 Å². The van der Waals surface area contributed by atoms with Gasteiger partial charge in [0.2, 0.25) is 0 Å². The highest BCUT2D eigenvalue weighted by atomic mass is 16.2. The Morgan fingerprint density at radius 2 is 0.233 bits per heavy atom. The Morgan fingerprint density at radius 3 is 0.341 bits per heavy atom. The van der Waals surface area contributed by atoms with E-state index in [0.29, 0.717) is 45.5 Å². The van der Waals surface area contributed by atoms with Crippen molar-refractivity contribution >= 4 is 198 Å². The van der Waals surface area contributed by atoms with Gasteiger partial charge in [-0.05, 0) is 111 Å². The zero-order chi connectivity index (χ0) is 85.2. The summed E-state index contributed by atoms with van der Waals surface area (Å²) in [4.78, 5) is 78.6. The highest BCUT2D eigenvalue weighted by Crippen LogP contribution is 2.57. The molecule has 0 atom stereocenters. The van der Waals surface area contributed by atoms with E-state index in [2.05, 4.69) is 328 Å². The van der Waals surface area contributed by atoms with Crippen LogP contribution in [0.3, 0.4) is 0 Å². The highest BCUT2D eigenvalue weighted by Gasteiger charge is 2.59. The van der Waals surface area contributed by atoms with Crippen LogP contribution >= 0.6 is 0 Å². The Labute approximate surface area is 734 Å². The van der Waals surface area contributed by atoms with E-state index in [1.165, 1.54) is 9.80 Å². The molecule has 28 rings (SSSR count). The monoisotopic (exact) mass is 1650 g/mol. The first-order valence-corrected chi connectivity index (χ1v) is 43.8. The lowest BCUT2D eigenvalue weighted by atomic mass is 9.98. The number of carbonyl (C=O) groups excluding carboxylic acids is 4. The maximum atomic E-state index is 19.0. The van der Waals surface area contributed by atoms with Crippen LogP contribution in [-0.2, 0) is 0 Å². The number of hydrogen-bond donors (Lipinski definition) is 0.